The molecule has 1 N–H and O–H groups in total. The number of para-hydroxylation sites is 2. The molecule has 0 bridgehead atoms. The Morgan fingerprint density at radius 3 is 2.93 bits per heavy atom. The lowest BCUT2D eigenvalue weighted by Gasteiger charge is -2.30. The van der Waals surface area contributed by atoms with Crippen molar-refractivity contribution in [2.24, 2.45) is 0 Å². The van der Waals surface area contributed by atoms with Crippen molar-refractivity contribution in [2.45, 2.75) is 13.0 Å². The number of fused-ring (bicyclic) bond motifs is 3. The van der Waals surface area contributed by atoms with Crippen molar-refractivity contribution in [3.05, 3.63) is 82.5 Å². The number of anilines is 1. The third kappa shape index (κ3) is 3.06. The van der Waals surface area contributed by atoms with Gasteiger partial charge in [0.1, 0.15) is 6.61 Å². The van der Waals surface area contributed by atoms with Gasteiger partial charge in [-0.25, -0.2) is 9.78 Å². The first-order valence-electron chi connectivity index (χ1n) is 8.58. The van der Waals surface area contributed by atoms with Crippen molar-refractivity contribution >= 4 is 38.9 Å². The first-order valence-corrected chi connectivity index (χ1v) is 9.37. The normalized spacial score (nSPS) is 16.0. The number of halogens is 1. The lowest BCUT2D eigenvalue weighted by Crippen LogP contribution is -2.29. The van der Waals surface area contributed by atoms with E-state index >= 15 is 0 Å². The molecule has 0 aliphatic carbocycles. The van der Waals surface area contributed by atoms with Crippen LogP contribution in [-0.2, 0) is 9.53 Å². The van der Waals surface area contributed by atoms with E-state index in [-0.39, 0.29) is 18.6 Å². The number of imidazole rings is 1. The van der Waals surface area contributed by atoms with E-state index in [4.69, 9.17) is 9.72 Å². The summed E-state index contributed by atoms with van der Waals surface area (Å²) in [5.41, 5.74) is 4.09. The standard InChI is InChI=1S/C21H18BrN3O2/c1-3-11-27-20(26)18-13(2)23-21-24-16-9-4-5-10-17(16)25(21)19(18)14-7-6-8-15(22)12-14/h3-10,12,19H,1,11H2,2H3,(H,23,24)/t19-/m1/s1. The highest BCUT2D eigenvalue weighted by Crippen LogP contribution is 2.40. The number of hydrogen-bond donors (Lipinski definition) is 1. The molecule has 27 heavy (non-hydrogen) atoms. The van der Waals surface area contributed by atoms with Crippen LogP contribution in [0.25, 0.3) is 11.0 Å². The van der Waals surface area contributed by atoms with Crippen LogP contribution in [-0.4, -0.2) is 22.1 Å². The molecule has 0 saturated heterocycles. The fourth-order valence-electron chi connectivity index (χ4n) is 3.43. The zero-order valence-electron chi connectivity index (χ0n) is 14.8. The van der Waals surface area contributed by atoms with Crippen LogP contribution in [0.2, 0.25) is 0 Å². The van der Waals surface area contributed by atoms with Gasteiger partial charge in [-0.3, -0.25) is 4.57 Å². The van der Waals surface area contributed by atoms with E-state index in [1.807, 2.05) is 55.5 Å². The second kappa shape index (κ2) is 7.04. The van der Waals surface area contributed by atoms with Crippen molar-refractivity contribution in [1.29, 1.82) is 0 Å². The number of esters is 1. The van der Waals surface area contributed by atoms with Gasteiger partial charge in [-0.15, -0.1) is 0 Å². The maximum atomic E-state index is 12.9. The number of nitrogens with zero attached hydrogens (tertiary/aromatic N) is 2. The molecule has 5 nitrogen and oxygen atoms in total. The Bertz CT molecular complexity index is 1080. The molecule has 1 atom stereocenters. The SMILES string of the molecule is C=CCOC(=O)C1=C(C)Nc2nc3ccccc3n2[C@@H]1c1cccc(Br)c1. The number of aromatic nitrogens is 2. The Labute approximate surface area is 165 Å². The molecule has 2 aromatic carbocycles. The molecule has 3 aromatic rings. The molecule has 0 spiro atoms. The summed E-state index contributed by atoms with van der Waals surface area (Å²) >= 11 is 3.54. The van der Waals surface area contributed by atoms with Crippen LogP contribution in [0.3, 0.4) is 0 Å². The van der Waals surface area contributed by atoms with Gasteiger partial charge in [-0.05, 0) is 36.8 Å². The highest BCUT2D eigenvalue weighted by atomic mass is 79.9. The maximum absolute atomic E-state index is 12.9. The van der Waals surface area contributed by atoms with Gasteiger partial charge in [0, 0.05) is 10.2 Å². The van der Waals surface area contributed by atoms with E-state index in [0.717, 1.165) is 26.8 Å². The third-order valence-electron chi connectivity index (χ3n) is 4.55. The first kappa shape index (κ1) is 17.5. The van der Waals surface area contributed by atoms with Gasteiger partial charge in [-0.2, -0.15) is 0 Å². The fourth-order valence-corrected chi connectivity index (χ4v) is 3.85. The third-order valence-corrected chi connectivity index (χ3v) is 5.04. The molecule has 2 heterocycles. The summed E-state index contributed by atoms with van der Waals surface area (Å²) in [6, 6.07) is 15.5. The highest BCUT2D eigenvalue weighted by molar-refractivity contribution is 9.10. The smallest absolute Gasteiger partial charge is 0.338 e. The molecule has 0 amide bonds. The average molecular weight is 424 g/mol. The maximum Gasteiger partial charge on any atom is 0.338 e. The Morgan fingerprint density at radius 2 is 2.15 bits per heavy atom. The van der Waals surface area contributed by atoms with Crippen LogP contribution in [0.4, 0.5) is 5.95 Å². The Kier molecular flexibility index (Phi) is 4.58. The number of ether oxygens (including phenoxy) is 1. The van der Waals surface area contributed by atoms with E-state index < -0.39 is 0 Å². The fraction of sp³-hybridized carbons (Fsp3) is 0.143. The van der Waals surface area contributed by atoms with E-state index in [2.05, 4.69) is 32.4 Å². The van der Waals surface area contributed by atoms with Crippen LogP contribution < -0.4 is 5.32 Å². The van der Waals surface area contributed by atoms with Crippen LogP contribution in [0.1, 0.15) is 18.5 Å². The molecule has 136 valence electrons. The monoisotopic (exact) mass is 423 g/mol. The van der Waals surface area contributed by atoms with Gasteiger partial charge in [0.05, 0.1) is 22.6 Å². The van der Waals surface area contributed by atoms with E-state index in [0.29, 0.717) is 11.5 Å². The minimum Gasteiger partial charge on any atom is -0.458 e. The van der Waals surface area contributed by atoms with E-state index in [1.54, 1.807) is 6.08 Å². The molecule has 1 aromatic heterocycles. The van der Waals surface area contributed by atoms with Crippen molar-refractivity contribution in [1.82, 2.24) is 9.55 Å². The Morgan fingerprint density at radius 1 is 1.33 bits per heavy atom. The van der Waals surface area contributed by atoms with Crippen LogP contribution in [0.5, 0.6) is 0 Å². The van der Waals surface area contributed by atoms with Gasteiger partial charge in [0.15, 0.2) is 0 Å². The van der Waals surface area contributed by atoms with Gasteiger partial charge >= 0.3 is 5.97 Å². The summed E-state index contributed by atoms with van der Waals surface area (Å²) in [7, 11) is 0. The molecule has 1 aliphatic heterocycles. The van der Waals surface area contributed by atoms with E-state index in [9.17, 15) is 4.79 Å². The Balaban J connectivity index is 1.95. The second-order valence-electron chi connectivity index (χ2n) is 6.30. The topological polar surface area (TPSA) is 56.1 Å². The van der Waals surface area contributed by atoms with Crippen molar-refractivity contribution in [3.63, 3.8) is 0 Å². The van der Waals surface area contributed by atoms with E-state index in [1.165, 1.54) is 0 Å². The van der Waals surface area contributed by atoms with Crippen molar-refractivity contribution in [2.75, 3.05) is 11.9 Å². The number of carbonyl (C=O) groups is 1. The summed E-state index contributed by atoms with van der Waals surface area (Å²) in [6.45, 7) is 5.66. The number of benzene rings is 2. The first-order chi connectivity index (χ1) is 13.1. The molecule has 0 saturated carbocycles. The lowest BCUT2D eigenvalue weighted by atomic mass is 9.95. The summed E-state index contributed by atoms with van der Waals surface area (Å²) in [5, 5.41) is 3.26. The highest BCUT2D eigenvalue weighted by Gasteiger charge is 2.34. The Hall–Kier alpha value is -2.86. The quantitative estimate of drug-likeness (QED) is 0.482. The van der Waals surface area contributed by atoms with Gasteiger partial charge in [-0.1, -0.05) is 52.9 Å². The number of hydrogen-bond acceptors (Lipinski definition) is 4. The largest absolute Gasteiger partial charge is 0.458 e. The number of allylic oxidation sites excluding steroid dienone is 1. The summed E-state index contributed by atoms with van der Waals surface area (Å²) in [4.78, 5) is 17.6. The van der Waals surface area contributed by atoms with Crippen LogP contribution in [0.15, 0.2) is 76.9 Å². The number of carbonyl (C=O) groups excluding carboxylic acids is 1. The molecular formula is C21H18BrN3O2. The predicted octanol–water partition coefficient (Wildman–Crippen LogP) is 4.82. The molecule has 1 aliphatic rings. The van der Waals surface area contributed by atoms with Crippen LogP contribution >= 0.6 is 15.9 Å². The summed E-state index contributed by atoms with van der Waals surface area (Å²) in [5.74, 6) is 0.340. The molecule has 0 fully saturated rings. The second-order valence-corrected chi connectivity index (χ2v) is 7.22. The molecule has 0 radical (unpaired) electrons. The lowest BCUT2D eigenvalue weighted by molar-refractivity contribution is -0.138. The average Bonchev–Trinajstić information content (AvgIpc) is 3.02. The van der Waals surface area contributed by atoms with Gasteiger partial charge in [0.2, 0.25) is 5.95 Å². The van der Waals surface area contributed by atoms with Crippen molar-refractivity contribution in [3.8, 4) is 0 Å². The molecular weight excluding hydrogens is 406 g/mol. The minimum absolute atomic E-state index is 0.165. The zero-order valence-corrected chi connectivity index (χ0v) is 16.4. The minimum atomic E-state index is -0.367. The predicted molar refractivity (Wildman–Crippen MR) is 109 cm³/mol. The van der Waals surface area contributed by atoms with Gasteiger partial charge in [0.25, 0.3) is 0 Å². The summed E-state index contributed by atoms with van der Waals surface area (Å²) < 4.78 is 8.38. The molecule has 4 rings (SSSR count). The number of nitrogens with one attached hydrogen (secondary N) is 1. The summed E-state index contributed by atoms with van der Waals surface area (Å²) in [6.07, 6.45) is 1.57. The van der Waals surface area contributed by atoms with Crippen molar-refractivity contribution < 1.29 is 9.53 Å². The molecule has 6 heteroatoms. The number of rotatable bonds is 4. The zero-order chi connectivity index (χ0) is 19.0. The van der Waals surface area contributed by atoms with Gasteiger partial charge < -0.3 is 10.1 Å². The molecule has 0 unspecified atom stereocenters. The van der Waals surface area contributed by atoms with Crippen LogP contribution in [0, 0.1) is 0 Å².